The molecule has 1 heterocycles. The number of pyridine rings is 1. The Morgan fingerprint density at radius 2 is 2.33 bits per heavy atom. The first-order valence-electron chi connectivity index (χ1n) is 3.86. The van der Waals surface area contributed by atoms with Crippen LogP contribution in [-0.2, 0) is 6.42 Å². The van der Waals surface area contributed by atoms with E-state index in [1.165, 1.54) is 11.1 Å². The predicted octanol–water partition coefficient (Wildman–Crippen LogP) is 2.59. The molecule has 0 amide bonds. The van der Waals surface area contributed by atoms with Crippen LogP contribution < -0.4 is 0 Å². The third kappa shape index (κ3) is 0.911. The van der Waals surface area contributed by atoms with E-state index in [0.717, 1.165) is 12.1 Å². The maximum atomic E-state index is 6.80. The highest BCUT2D eigenvalue weighted by Crippen LogP contribution is 2.26. The summed E-state index contributed by atoms with van der Waals surface area (Å²) in [5.41, 5.74) is 3.51. The lowest BCUT2D eigenvalue weighted by atomic mass is 10.1. The molecule has 0 saturated carbocycles. The van der Waals surface area contributed by atoms with Crippen LogP contribution in [0.25, 0.3) is 10.4 Å². The summed E-state index contributed by atoms with van der Waals surface area (Å²) in [6.45, 7) is 8.88. The largest absolute Gasteiger partial charge is 0.361 e. The van der Waals surface area contributed by atoms with Gasteiger partial charge in [0.25, 0.3) is 5.82 Å². The fourth-order valence-corrected chi connectivity index (χ4v) is 1.43. The summed E-state index contributed by atoms with van der Waals surface area (Å²) in [6.07, 6.45) is 3.02. The summed E-state index contributed by atoms with van der Waals surface area (Å²) >= 11 is 0. The maximum absolute atomic E-state index is 6.80. The zero-order chi connectivity index (χ0) is 8.55. The van der Waals surface area contributed by atoms with Crippen molar-refractivity contribution in [3.63, 3.8) is 0 Å². The summed E-state index contributed by atoms with van der Waals surface area (Å²) in [7, 11) is 0. The highest BCUT2D eigenvalue weighted by molar-refractivity contribution is 5.71. The number of fused-ring (bicyclic) bond motifs is 1. The second-order valence-corrected chi connectivity index (χ2v) is 2.87. The Morgan fingerprint density at radius 3 is 3.08 bits per heavy atom. The normalized spacial score (nSPS) is 13.5. The van der Waals surface area contributed by atoms with Gasteiger partial charge in [-0.2, -0.15) is 0 Å². The van der Waals surface area contributed by atoms with Crippen LogP contribution in [0.5, 0.6) is 0 Å². The van der Waals surface area contributed by atoms with Gasteiger partial charge in [0.1, 0.15) is 5.69 Å². The number of hydrogen-bond acceptors (Lipinski definition) is 1. The SMILES string of the molecule is [C-]#[N+]c1ccc2c(n1)CC=C2C. The summed E-state index contributed by atoms with van der Waals surface area (Å²) < 4.78 is 0. The molecule has 1 aromatic heterocycles. The van der Waals surface area contributed by atoms with Crippen molar-refractivity contribution in [3.8, 4) is 0 Å². The molecular weight excluding hydrogens is 148 g/mol. The van der Waals surface area contributed by atoms with Crippen molar-refractivity contribution in [2.24, 2.45) is 0 Å². The topological polar surface area (TPSA) is 17.2 Å². The summed E-state index contributed by atoms with van der Waals surface area (Å²) in [5, 5.41) is 0. The van der Waals surface area contributed by atoms with Gasteiger partial charge in [0, 0.05) is 12.0 Å². The molecule has 2 heteroatoms. The molecule has 58 valence electrons. The molecule has 1 aliphatic carbocycles. The lowest BCUT2D eigenvalue weighted by molar-refractivity contribution is 1.14. The molecule has 2 rings (SSSR count). The van der Waals surface area contributed by atoms with Crippen molar-refractivity contribution in [3.05, 3.63) is 40.9 Å². The molecule has 0 fully saturated rings. The first-order chi connectivity index (χ1) is 5.81. The molecule has 0 N–H and O–H groups in total. The number of allylic oxidation sites excluding steroid dienone is 2. The van der Waals surface area contributed by atoms with E-state index in [9.17, 15) is 0 Å². The summed E-state index contributed by atoms with van der Waals surface area (Å²) in [4.78, 5) is 7.50. The Hall–Kier alpha value is -1.62. The average molecular weight is 156 g/mol. The summed E-state index contributed by atoms with van der Waals surface area (Å²) in [5.74, 6) is 0.497. The standard InChI is InChI=1S/C10H8N2/c1-7-3-5-9-8(7)4-6-10(11-2)12-9/h3-4,6H,5H2,1H3. The number of aromatic nitrogens is 1. The third-order valence-electron chi connectivity index (χ3n) is 2.10. The van der Waals surface area contributed by atoms with Gasteiger partial charge in [0.2, 0.25) is 0 Å². The quantitative estimate of drug-likeness (QED) is 0.528. The van der Waals surface area contributed by atoms with Crippen molar-refractivity contribution in [1.29, 1.82) is 0 Å². The van der Waals surface area contributed by atoms with Gasteiger partial charge in [0.15, 0.2) is 0 Å². The third-order valence-corrected chi connectivity index (χ3v) is 2.10. The minimum absolute atomic E-state index is 0.497. The fraction of sp³-hybridized carbons (Fsp3) is 0.200. The van der Waals surface area contributed by atoms with Crippen LogP contribution in [0.2, 0.25) is 0 Å². The minimum Gasteiger partial charge on any atom is -0.361 e. The second-order valence-electron chi connectivity index (χ2n) is 2.87. The van der Waals surface area contributed by atoms with Gasteiger partial charge in [-0.1, -0.05) is 18.7 Å². The van der Waals surface area contributed by atoms with Gasteiger partial charge < -0.3 is 4.85 Å². The Labute approximate surface area is 71.4 Å². The van der Waals surface area contributed by atoms with Crippen molar-refractivity contribution >= 4 is 11.4 Å². The summed E-state index contributed by atoms with van der Waals surface area (Å²) in [6, 6.07) is 3.75. The van der Waals surface area contributed by atoms with Crippen LogP contribution in [-0.4, -0.2) is 4.98 Å². The van der Waals surface area contributed by atoms with Gasteiger partial charge in [-0.3, -0.25) is 0 Å². The van der Waals surface area contributed by atoms with E-state index in [1.807, 2.05) is 6.07 Å². The van der Waals surface area contributed by atoms with Gasteiger partial charge in [-0.05, 0) is 18.6 Å². The molecule has 0 bridgehead atoms. The first-order valence-corrected chi connectivity index (χ1v) is 3.86. The molecule has 1 aromatic rings. The van der Waals surface area contributed by atoms with Gasteiger partial charge in [-0.15, -0.1) is 4.98 Å². The van der Waals surface area contributed by atoms with E-state index in [-0.39, 0.29) is 0 Å². The number of nitrogens with zero attached hydrogens (tertiary/aromatic N) is 2. The Balaban J connectivity index is 2.55. The van der Waals surface area contributed by atoms with Crippen LogP contribution in [0.3, 0.4) is 0 Å². The zero-order valence-electron chi connectivity index (χ0n) is 6.83. The fourth-order valence-electron chi connectivity index (χ4n) is 1.43. The zero-order valence-corrected chi connectivity index (χ0v) is 6.83. The van der Waals surface area contributed by atoms with Crippen LogP contribution in [0.4, 0.5) is 5.82 Å². The Morgan fingerprint density at radius 1 is 1.50 bits per heavy atom. The molecule has 0 unspecified atom stereocenters. The lowest BCUT2D eigenvalue weighted by Crippen LogP contribution is -1.86. The van der Waals surface area contributed by atoms with E-state index in [0.29, 0.717) is 5.82 Å². The van der Waals surface area contributed by atoms with Gasteiger partial charge in [-0.25, -0.2) is 0 Å². The van der Waals surface area contributed by atoms with Crippen molar-refractivity contribution in [2.75, 3.05) is 0 Å². The van der Waals surface area contributed by atoms with E-state index in [2.05, 4.69) is 22.8 Å². The van der Waals surface area contributed by atoms with Crippen LogP contribution >= 0.6 is 0 Å². The molecule has 1 aliphatic rings. The van der Waals surface area contributed by atoms with Gasteiger partial charge in [0.05, 0.1) is 0 Å². The van der Waals surface area contributed by atoms with Crippen molar-refractivity contribution in [1.82, 2.24) is 4.98 Å². The Kier molecular flexibility index (Phi) is 1.44. The number of rotatable bonds is 0. The maximum Gasteiger partial charge on any atom is 0.269 e. The van der Waals surface area contributed by atoms with E-state index < -0.39 is 0 Å². The Bertz CT molecular complexity index is 397. The second kappa shape index (κ2) is 2.46. The van der Waals surface area contributed by atoms with E-state index in [4.69, 9.17) is 6.57 Å². The molecule has 0 radical (unpaired) electrons. The van der Waals surface area contributed by atoms with Crippen LogP contribution in [0, 0.1) is 6.57 Å². The highest BCUT2D eigenvalue weighted by atomic mass is 14.9. The first kappa shape index (κ1) is 7.05. The van der Waals surface area contributed by atoms with Crippen molar-refractivity contribution in [2.45, 2.75) is 13.3 Å². The molecular formula is C10H8N2. The highest BCUT2D eigenvalue weighted by Gasteiger charge is 2.14. The molecule has 2 nitrogen and oxygen atoms in total. The van der Waals surface area contributed by atoms with E-state index in [1.54, 1.807) is 6.07 Å². The predicted molar refractivity (Wildman–Crippen MR) is 47.9 cm³/mol. The smallest absolute Gasteiger partial charge is 0.269 e. The minimum atomic E-state index is 0.497. The molecule has 0 aromatic carbocycles. The van der Waals surface area contributed by atoms with Crippen molar-refractivity contribution < 1.29 is 0 Å². The molecule has 12 heavy (non-hydrogen) atoms. The lowest BCUT2D eigenvalue weighted by Gasteiger charge is -1.96. The monoisotopic (exact) mass is 156 g/mol. The van der Waals surface area contributed by atoms with Crippen LogP contribution in [0.1, 0.15) is 18.2 Å². The average Bonchev–Trinajstić information content (AvgIpc) is 2.47. The number of hydrogen-bond donors (Lipinski definition) is 0. The molecule has 0 saturated heterocycles. The molecule has 0 atom stereocenters. The van der Waals surface area contributed by atoms with E-state index >= 15 is 0 Å². The van der Waals surface area contributed by atoms with Gasteiger partial charge >= 0.3 is 0 Å². The van der Waals surface area contributed by atoms with Crippen LogP contribution in [0.15, 0.2) is 18.2 Å². The molecule has 0 aliphatic heterocycles. The molecule has 0 spiro atoms.